The van der Waals surface area contributed by atoms with Crippen LogP contribution in [0, 0.1) is 5.92 Å². The van der Waals surface area contributed by atoms with Crippen LogP contribution in [0.25, 0.3) is 0 Å². The van der Waals surface area contributed by atoms with Crippen molar-refractivity contribution < 1.29 is 9.59 Å². The van der Waals surface area contributed by atoms with Crippen LogP contribution in [-0.4, -0.2) is 48.4 Å². The van der Waals surface area contributed by atoms with Gasteiger partial charge in [-0.2, -0.15) is 0 Å². The van der Waals surface area contributed by atoms with Gasteiger partial charge < -0.3 is 15.1 Å². The van der Waals surface area contributed by atoms with Crippen molar-refractivity contribution in [1.82, 2.24) is 10.2 Å². The highest BCUT2D eigenvalue weighted by Crippen LogP contribution is 2.29. The van der Waals surface area contributed by atoms with E-state index in [-0.39, 0.29) is 11.8 Å². The van der Waals surface area contributed by atoms with Crippen LogP contribution in [0.3, 0.4) is 0 Å². The SMILES string of the molecule is O=C(C1CCN(c2cccc(Br)c2)C1=O)N1CCC2CCC(C1)N2. The molecule has 0 saturated carbocycles. The highest BCUT2D eigenvalue weighted by molar-refractivity contribution is 9.10. The first-order valence-corrected chi connectivity index (χ1v) is 9.53. The number of amides is 2. The van der Waals surface area contributed by atoms with Gasteiger partial charge in [0.15, 0.2) is 0 Å². The number of carbonyl (C=O) groups excluding carboxylic acids is 2. The summed E-state index contributed by atoms with van der Waals surface area (Å²) in [5, 5.41) is 3.59. The molecule has 0 radical (unpaired) electrons. The average molecular weight is 392 g/mol. The molecule has 3 aliphatic rings. The van der Waals surface area contributed by atoms with E-state index in [0.29, 0.717) is 25.0 Å². The predicted octanol–water partition coefficient (Wildman–Crippen LogP) is 2.15. The molecular weight excluding hydrogens is 370 g/mol. The predicted molar refractivity (Wildman–Crippen MR) is 95.7 cm³/mol. The summed E-state index contributed by atoms with van der Waals surface area (Å²) in [5.41, 5.74) is 0.862. The second kappa shape index (κ2) is 6.48. The number of benzene rings is 1. The van der Waals surface area contributed by atoms with E-state index >= 15 is 0 Å². The molecule has 5 nitrogen and oxygen atoms in total. The number of fused-ring (bicyclic) bond motifs is 2. The Balaban J connectivity index is 1.47. The first-order chi connectivity index (χ1) is 11.6. The molecule has 0 aromatic heterocycles. The smallest absolute Gasteiger partial charge is 0.239 e. The lowest BCUT2D eigenvalue weighted by atomic mass is 10.0. The number of anilines is 1. The van der Waals surface area contributed by atoms with Crippen molar-refractivity contribution in [3.8, 4) is 0 Å². The van der Waals surface area contributed by atoms with Gasteiger partial charge in [-0.15, -0.1) is 0 Å². The van der Waals surface area contributed by atoms with Crippen LogP contribution in [0.15, 0.2) is 28.7 Å². The van der Waals surface area contributed by atoms with E-state index in [1.807, 2.05) is 29.2 Å². The maximum atomic E-state index is 12.9. The van der Waals surface area contributed by atoms with Crippen LogP contribution in [0.2, 0.25) is 0 Å². The molecule has 3 saturated heterocycles. The molecule has 1 N–H and O–H groups in total. The van der Waals surface area contributed by atoms with Gasteiger partial charge in [-0.25, -0.2) is 0 Å². The maximum absolute atomic E-state index is 12.9. The van der Waals surface area contributed by atoms with Crippen molar-refractivity contribution in [2.24, 2.45) is 5.92 Å². The zero-order chi connectivity index (χ0) is 16.7. The summed E-state index contributed by atoms with van der Waals surface area (Å²) in [6.07, 6.45) is 3.96. The number of nitrogens with zero attached hydrogens (tertiary/aromatic N) is 2. The number of halogens is 1. The van der Waals surface area contributed by atoms with Crippen LogP contribution in [0.5, 0.6) is 0 Å². The van der Waals surface area contributed by atoms with Crippen molar-refractivity contribution >= 4 is 33.4 Å². The molecule has 24 heavy (non-hydrogen) atoms. The van der Waals surface area contributed by atoms with E-state index in [9.17, 15) is 9.59 Å². The third kappa shape index (κ3) is 2.97. The van der Waals surface area contributed by atoms with E-state index in [4.69, 9.17) is 0 Å². The number of hydrogen-bond acceptors (Lipinski definition) is 3. The Morgan fingerprint density at radius 1 is 1.12 bits per heavy atom. The third-order valence-corrected chi connectivity index (χ3v) is 5.95. The topological polar surface area (TPSA) is 52.7 Å². The van der Waals surface area contributed by atoms with Crippen molar-refractivity contribution in [3.05, 3.63) is 28.7 Å². The normalized spacial score (nSPS) is 29.9. The van der Waals surface area contributed by atoms with Gasteiger partial charge in [0.1, 0.15) is 5.92 Å². The van der Waals surface area contributed by atoms with Crippen LogP contribution in [0.4, 0.5) is 5.69 Å². The molecule has 1 aromatic carbocycles. The molecule has 0 spiro atoms. The molecular formula is C18H22BrN3O2. The van der Waals surface area contributed by atoms with Gasteiger partial charge in [-0.05, 0) is 43.9 Å². The lowest BCUT2D eigenvalue weighted by molar-refractivity contribution is -0.140. The summed E-state index contributed by atoms with van der Waals surface area (Å²) in [5.74, 6) is -0.548. The Morgan fingerprint density at radius 3 is 2.79 bits per heavy atom. The third-order valence-electron chi connectivity index (χ3n) is 5.46. The fourth-order valence-electron chi connectivity index (χ4n) is 4.17. The molecule has 3 fully saturated rings. The molecule has 4 rings (SSSR count). The van der Waals surface area contributed by atoms with Crippen molar-refractivity contribution in [2.75, 3.05) is 24.5 Å². The highest BCUT2D eigenvalue weighted by atomic mass is 79.9. The van der Waals surface area contributed by atoms with Gasteiger partial charge in [0.05, 0.1) is 0 Å². The molecule has 6 heteroatoms. The lowest BCUT2D eigenvalue weighted by Gasteiger charge is -2.26. The summed E-state index contributed by atoms with van der Waals surface area (Å²) in [6.45, 7) is 2.13. The standard InChI is InChI=1S/C18H22BrN3O2/c19-12-2-1-3-15(10-12)22-9-7-16(18(22)24)17(23)21-8-6-13-4-5-14(11-21)20-13/h1-3,10,13-14,16,20H,4-9,11H2. The van der Waals surface area contributed by atoms with Crippen LogP contribution < -0.4 is 10.2 Å². The summed E-state index contributed by atoms with van der Waals surface area (Å²) >= 11 is 3.44. The average Bonchev–Trinajstić information content (AvgIpc) is 3.09. The van der Waals surface area contributed by atoms with Gasteiger partial charge in [-0.3, -0.25) is 9.59 Å². The van der Waals surface area contributed by atoms with Crippen LogP contribution in [-0.2, 0) is 9.59 Å². The Kier molecular flexibility index (Phi) is 4.35. The minimum Gasteiger partial charge on any atom is -0.340 e. The molecule has 128 valence electrons. The number of rotatable bonds is 2. The molecule has 2 amide bonds. The number of nitrogens with one attached hydrogen (secondary N) is 1. The Hall–Kier alpha value is -1.40. The lowest BCUT2D eigenvalue weighted by Crippen LogP contribution is -2.44. The van der Waals surface area contributed by atoms with E-state index in [1.165, 1.54) is 6.42 Å². The van der Waals surface area contributed by atoms with Gasteiger partial charge in [0.2, 0.25) is 11.8 Å². The second-order valence-electron chi connectivity index (χ2n) is 7.02. The molecule has 3 heterocycles. The van der Waals surface area contributed by atoms with Gasteiger partial charge >= 0.3 is 0 Å². The minimum atomic E-state index is -0.513. The van der Waals surface area contributed by atoms with Gasteiger partial charge in [-0.1, -0.05) is 22.0 Å². The summed E-state index contributed by atoms with van der Waals surface area (Å²) in [7, 11) is 0. The minimum absolute atomic E-state index is 0.0202. The van der Waals surface area contributed by atoms with Crippen molar-refractivity contribution in [1.29, 1.82) is 0 Å². The number of carbonyl (C=O) groups is 2. The fraction of sp³-hybridized carbons (Fsp3) is 0.556. The molecule has 3 aliphatic heterocycles. The number of likely N-dealkylation sites (tertiary alicyclic amines) is 1. The van der Waals surface area contributed by atoms with Crippen LogP contribution in [0.1, 0.15) is 25.7 Å². The molecule has 3 unspecified atom stereocenters. The molecule has 3 atom stereocenters. The van der Waals surface area contributed by atoms with Gasteiger partial charge in [0, 0.05) is 41.9 Å². The number of hydrogen-bond donors (Lipinski definition) is 1. The maximum Gasteiger partial charge on any atom is 0.239 e. The van der Waals surface area contributed by atoms with E-state index < -0.39 is 5.92 Å². The molecule has 2 bridgehead atoms. The van der Waals surface area contributed by atoms with Gasteiger partial charge in [0.25, 0.3) is 0 Å². The summed E-state index contributed by atoms with van der Waals surface area (Å²) in [6, 6.07) is 8.65. The molecule has 0 aliphatic carbocycles. The van der Waals surface area contributed by atoms with E-state index in [2.05, 4.69) is 21.2 Å². The van der Waals surface area contributed by atoms with Crippen LogP contribution >= 0.6 is 15.9 Å². The van der Waals surface area contributed by atoms with Crippen molar-refractivity contribution in [3.63, 3.8) is 0 Å². The van der Waals surface area contributed by atoms with E-state index in [0.717, 1.165) is 36.1 Å². The highest BCUT2D eigenvalue weighted by Gasteiger charge is 2.41. The Bertz CT molecular complexity index is 665. The second-order valence-corrected chi connectivity index (χ2v) is 7.94. The quantitative estimate of drug-likeness (QED) is 0.785. The largest absolute Gasteiger partial charge is 0.340 e. The Labute approximate surface area is 150 Å². The first kappa shape index (κ1) is 16.1. The fourth-order valence-corrected chi connectivity index (χ4v) is 4.56. The summed E-state index contributed by atoms with van der Waals surface area (Å²) in [4.78, 5) is 29.4. The zero-order valence-electron chi connectivity index (χ0n) is 13.6. The monoisotopic (exact) mass is 391 g/mol. The molecule has 1 aromatic rings. The zero-order valence-corrected chi connectivity index (χ0v) is 15.2. The summed E-state index contributed by atoms with van der Waals surface area (Å²) < 4.78 is 0.942. The van der Waals surface area contributed by atoms with E-state index in [1.54, 1.807) is 4.90 Å². The Morgan fingerprint density at radius 2 is 1.96 bits per heavy atom. The van der Waals surface area contributed by atoms with Crippen molar-refractivity contribution in [2.45, 2.75) is 37.8 Å². The first-order valence-electron chi connectivity index (χ1n) is 8.73.